The van der Waals surface area contributed by atoms with Crippen molar-refractivity contribution >= 4 is 44.8 Å². The number of carbonyl (C=O) groups excluding carboxylic acids is 2. The molecule has 0 aliphatic carbocycles. The van der Waals surface area contributed by atoms with Gasteiger partial charge in [0.2, 0.25) is 0 Å². The lowest BCUT2D eigenvalue weighted by atomic mass is 9.91. The van der Waals surface area contributed by atoms with Crippen molar-refractivity contribution < 1.29 is 9.59 Å². The quantitative estimate of drug-likeness (QED) is 0.289. The van der Waals surface area contributed by atoms with Crippen molar-refractivity contribution in [3.63, 3.8) is 0 Å². The number of hydrogen-bond donors (Lipinski definition) is 4. The van der Waals surface area contributed by atoms with E-state index < -0.39 is 0 Å². The van der Waals surface area contributed by atoms with Crippen LogP contribution in [0.25, 0.3) is 33.0 Å². The molecule has 5 N–H and O–H groups in total. The van der Waals surface area contributed by atoms with Crippen molar-refractivity contribution in [2.45, 2.75) is 19.9 Å². The lowest BCUT2D eigenvalue weighted by molar-refractivity contribution is -0.122. The summed E-state index contributed by atoms with van der Waals surface area (Å²) in [6, 6.07) is 23.8. The van der Waals surface area contributed by atoms with E-state index in [0.717, 1.165) is 55.4 Å². The second kappa shape index (κ2) is 8.11. The SMILES string of the molecule is Cc1[nH]c2ccccc2c1C1=C(c2c(Cc3cccc(CN)c3)[nH]c3ccccc23)C(=O)NC1=O. The van der Waals surface area contributed by atoms with Gasteiger partial charge in [0.15, 0.2) is 0 Å². The lowest BCUT2D eigenvalue weighted by Gasteiger charge is -2.09. The molecule has 0 radical (unpaired) electrons. The van der Waals surface area contributed by atoms with E-state index in [9.17, 15) is 9.59 Å². The number of carbonyl (C=O) groups is 2. The number of nitrogens with one attached hydrogen (secondary N) is 3. The third-order valence-electron chi connectivity index (χ3n) is 6.72. The van der Waals surface area contributed by atoms with Crippen LogP contribution in [0.3, 0.4) is 0 Å². The van der Waals surface area contributed by atoms with Crippen LogP contribution in [0.4, 0.5) is 0 Å². The van der Waals surface area contributed by atoms with Crippen molar-refractivity contribution in [2.24, 2.45) is 5.73 Å². The summed E-state index contributed by atoms with van der Waals surface area (Å²) in [4.78, 5) is 33.5. The van der Waals surface area contributed by atoms with Gasteiger partial charge in [-0.2, -0.15) is 0 Å². The molecule has 6 heteroatoms. The van der Waals surface area contributed by atoms with E-state index in [0.29, 0.717) is 24.1 Å². The van der Waals surface area contributed by atoms with E-state index >= 15 is 0 Å². The van der Waals surface area contributed by atoms with Crippen LogP contribution in [0.15, 0.2) is 72.8 Å². The zero-order chi connectivity index (χ0) is 24.1. The minimum atomic E-state index is -0.378. The zero-order valence-corrected chi connectivity index (χ0v) is 19.2. The average molecular weight is 461 g/mol. The van der Waals surface area contributed by atoms with Crippen LogP contribution in [0.1, 0.15) is 33.6 Å². The summed E-state index contributed by atoms with van der Waals surface area (Å²) in [7, 11) is 0. The number of H-pyrrole nitrogens is 2. The van der Waals surface area contributed by atoms with Gasteiger partial charge < -0.3 is 15.7 Å². The van der Waals surface area contributed by atoms with Gasteiger partial charge in [-0.15, -0.1) is 0 Å². The molecule has 5 aromatic rings. The zero-order valence-electron chi connectivity index (χ0n) is 19.2. The number of aromatic nitrogens is 2. The normalized spacial score (nSPS) is 13.9. The first-order valence-corrected chi connectivity index (χ1v) is 11.6. The Kier molecular flexibility index (Phi) is 4.90. The van der Waals surface area contributed by atoms with E-state index in [1.54, 1.807) is 0 Å². The smallest absolute Gasteiger partial charge is 0.259 e. The molecular weight excluding hydrogens is 436 g/mol. The Labute approximate surface area is 201 Å². The van der Waals surface area contributed by atoms with Crippen LogP contribution in [0, 0.1) is 6.92 Å². The van der Waals surface area contributed by atoms with Gasteiger partial charge in [-0.3, -0.25) is 14.9 Å². The van der Waals surface area contributed by atoms with E-state index in [1.165, 1.54) is 0 Å². The van der Waals surface area contributed by atoms with Crippen LogP contribution >= 0.6 is 0 Å². The Morgan fingerprint density at radius 3 is 2.03 bits per heavy atom. The lowest BCUT2D eigenvalue weighted by Crippen LogP contribution is -2.23. The number of rotatable bonds is 5. The molecule has 3 heterocycles. The fourth-order valence-electron chi connectivity index (χ4n) is 5.22. The Morgan fingerprint density at radius 1 is 0.714 bits per heavy atom. The molecule has 0 saturated carbocycles. The number of aryl methyl sites for hydroxylation is 1. The molecule has 0 unspecified atom stereocenters. The Balaban J connectivity index is 1.64. The molecule has 1 aliphatic heterocycles. The van der Waals surface area contributed by atoms with E-state index in [2.05, 4.69) is 21.4 Å². The molecule has 2 amide bonds. The second-order valence-electron chi connectivity index (χ2n) is 8.93. The van der Waals surface area contributed by atoms with Gasteiger partial charge in [0.25, 0.3) is 11.8 Å². The summed E-state index contributed by atoms with van der Waals surface area (Å²) in [5.74, 6) is -0.754. The maximum atomic E-state index is 13.4. The third-order valence-corrected chi connectivity index (χ3v) is 6.72. The molecule has 2 aromatic heterocycles. The Hall–Kier alpha value is -4.42. The van der Waals surface area contributed by atoms with Crippen molar-refractivity contribution in [1.29, 1.82) is 0 Å². The molecular formula is C29H24N4O2. The molecule has 1 aliphatic rings. The highest BCUT2D eigenvalue weighted by Crippen LogP contribution is 2.41. The highest BCUT2D eigenvalue weighted by atomic mass is 16.2. The van der Waals surface area contributed by atoms with Gasteiger partial charge >= 0.3 is 0 Å². The minimum Gasteiger partial charge on any atom is -0.358 e. The summed E-state index contributed by atoms with van der Waals surface area (Å²) in [5.41, 5.74) is 13.9. The van der Waals surface area contributed by atoms with E-state index in [4.69, 9.17) is 5.73 Å². The minimum absolute atomic E-state index is 0.376. The topological polar surface area (TPSA) is 104 Å². The first-order valence-electron chi connectivity index (χ1n) is 11.6. The molecule has 0 atom stereocenters. The van der Waals surface area contributed by atoms with Crippen LogP contribution in [-0.4, -0.2) is 21.8 Å². The average Bonchev–Trinajstić information content (AvgIpc) is 3.47. The first kappa shape index (κ1) is 21.1. The number of aromatic amines is 2. The standard InChI is InChI=1S/C29H24N4O2/c1-16-24(19-9-2-4-11-21(19)31-16)26-27(29(35)33-28(26)34)25-20-10-3-5-12-22(20)32-23(25)14-17-7-6-8-18(13-17)15-30/h2-13,31-32H,14-15,30H2,1H3,(H,33,34,35). The number of imide groups is 1. The molecule has 35 heavy (non-hydrogen) atoms. The van der Waals surface area contributed by atoms with Crippen molar-refractivity contribution in [3.05, 3.63) is 106 Å². The highest BCUT2D eigenvalue weighted by Gasteiger charge is 2.36. The number of nitrogens with two attached hydrogens (primary N) is 1. The summed E-state index contributed by atoms with van der Waals surface area (Å²) < 4.78 is 0. The van der Waals surface area contributed by atoms with Crippen molar-refractivity contribution in [2.75, 3.05) is 0 Å². The third kappa shape index (κ3) is 3.38. The maximum Gasteiger partial charge on any atom is 0.259 e. The maximum absolute atomic E-state index is 13.4. The summed E-state index contributed by atoms with van der Waals surface area (Å²) in [6.45, 7) is 2.39. The van der Waals surface area contributed by atoms with Gasteiger partial charge in [0.1, 0.15) is 0 Å². The Morgan fingerprint density at radius 2 is 1.31 bits per heavy atom. The number of fused-ring (bicyclic) bond motifs is 2. The van der Waals surface area contributed by atoms with E-state index in [1.807, 2.05) is 73.7 Å². The molecule has 172 valence electrons. The fraction of sp³-hybridized carbons (Fsp3) is 0.103. The molecule has 3 aromatic carbocycles. The Bertz CT molecular complexity index is 1690. The van der Waals surface area contributed by atoms with Crippen LogP contribution in [0.2, 0.25) is 0 Å². The van der Waals surface area contributed by atoms with E-state index in [-0.39, 0.29) is 11.8 Å². The van der Waals surface area contributed by atoms with Crippen LogP contribution in [0.5, 0.6) is 0 Å². The molecule has 6 rings (SSSR count). The monoisotopic (exact) mass is 460 g/mol. The van der Waals surface area contributed by atoms with Gasteiger partial charge in [-0.1, -0.05) is 60.7 Å². The van der Waals surface area contributed by atoms with Crippen molar-refractivity contribution in [1.82, 2.24) is 15.3 Å². The van der Waals surface area contributed by atoms with Crippen molar-refractivity contribution in [3.8, 4) is 0 Å². The molecule has 0 fully saturated rings. The van der Waals surface area contributed by atoms with Gasteiger partial charge in [0.05, 0.1) is 11.1 Å². The first-order chi connectivity index (χ1) is 17.0. The number of amides is 2. The molecule has 0 saturated heterocycles. The number of para-hydroxylation sites is 2. The number of hydrogen-bond acceptors (Lipinski definition) is 3. The summed E-state index contributed by atoms with van der Waals surface area (Å²) >= 11 is 0. The highest BCUT2D eigenvalue weighted by molar-refractivity contribution is 6.51. The molecule has 0 spiro atoms. The largest absolute Gasteiger partial charge is 0.358 e. The summed E-state index contributed by atoms with van der Waals surface area (Å²) in [5, 5.41) is 4.39. The fourth-order valence-corrected chi connectivity index (χ4v) is 5.22. The van der Waals surface area contributed by atoms with Crippen LogP contribution < -0.4 is 11.1 Å². The van der Waals surface area contributed by atoms with Gasteiger partial charge in [0, 0.05) is 57.3 Å². The molecule has 0 bridgehead atoms. The van der Waals surface area contributed by atoms with Gasteiger partial charge in [-0.05, 0) is 30.2 Å². The van der Waals surface area contributed by atoms with Crippen LogP contribution in [-0.2, 0) is 22.6 Å². The summed E-state index contributed by atoms with van der Waals surface area (Å²) in [6.07, 6.45) is 0.572. The number of benzene rings is 3. The molecule has 6 nitrogen and oxygen atoms in total. The van der Waals surface area contributed by atoms with Gasteiger partial charge in [-0.25, -0.2) is 0 Å². The second-order valence-corrected chi connectivity index (χ2v) is 8.93. The predicted octanol–water partition coefficient (Wildman–Crippen LogP) is 4.57. The predicted molar refractivity (Wildman–Crippen MR) is 138 cm³/mol.